The standard InChI is InChI=1S/C14H13BrFN3O2S/c1-2-21-13(20)10-6-18-14(19-12(10)17)22-7-8-3-4-9(16)5-11(8)15/h3-6H,2,7H2,1H3,(H2,17,18,19). The maximum absolute atomic E-state index is 13.0. The first-order chi connectivity index (χ1) is 10.5. The molecule has 0 bridgehead atoms. The number of halogens is 2. The number of nitrogens with zero attached hydrogens (tertiary/aromatic N) is 2. The summed E-state index contributed by atoms with van der Waals surface area (Å²) in [6.45, 7) is 1.97. The Kier molecular flexibility index (Phi) is 5.73. The van der Waals surface area contributed by atoms with Crippen molar-refractivity contribution < 1.29 is 13.9 Å². The highest BCUT2D eigenvalue weighted by Gasteiger charge is 2.14. The molecule has 8 heteroatoms. The van der Waals surface area contributed by atoms with E-state index in [4.69, 9.17) is 10.5 Å². The van der Waals surface area contributed by atoms with Crippen LogP contribution in [-0.2, 0) is 10.5 Å². The van der Waals surface area contributed by atoms with Gasteiger partial charge in [-0.15, -0.1) is 0 Å². The van der Waals surface area contributed by atoms with Gasteiger partial charge in [-0.25, -0.2) is 19.2 Å². The van der Waals surface area contributed by atoms with Crippen molar-refractivity contribution in [3.8, 4) is 0 Å². The van der Waals surface area contributed by atoms with E-state index < -0.39 is 5.97 Å². The number of hydrogen-bond acceptors (Lipinski definition) is 6. The number of ether oxygens (including phenoxy) is 1. The van der Waals surface area contributed by atoms with Crippen molar-refractivity contribution in [2.24, 2.45) is 0 Å². The highest BCUT2D eigenvalue weighted by Crippen LogP contribution is 2.26. The zero-order valence-corrected chi connectivity index (χ0v) is 14.1. The summed E-state index contributed by atoms with van der Waals surface area (Å²) in [6, 6.07) is 4.47. The van der Waals surface area contributed by atoms with Gasteiger partial charge >= 0.3 is 5.97 Å². The third-order valence-electron chi connectivity index (χ3n) is 2.66. The van der Waals surface area contributed by atoms with Crippen LogP contribution in [0.2, 0.25) is 0 Å². The van der Waals surface area contributed by atoms with E-state index in [1.165, 1.54) is 30.1 Å². The molecule has 0 saturated carbocycles. The molecule has 0 saturated heterocycles. The summed E-state index contributed by atoms with van der Waals surface area (Å²) < 4.78 is 18.6. The number of esters is 1. The average molecular weight is 386 g/mol. The first kappa shape index (κ1) is 16.7. The molecule has 0 radical (unpaired) electrons. The molecule has 1 aromatic heterocycles. The van der Waals surface area contributed by atoms with Crippen LogP contribution < -0.4 is 5.73 Å². The Morgan fingerprint density at radius 2 is 2.27 bits per heavy atom. The van der Waals surface area contributed by atoms with Gasteiger partial charge in [0.2, 0.25) is 0 Å². The molecule has 116 valence electrons. The predicted octanol–water partition coefficient (Wildman–Crippen LogP) is 3.43. The molecule has 22 heavy (non-hydrogen) atoms. The fourth-order valence-corrected chi connectivity index (χ4v) is 3.10. The maximum Gasteiger partial charge on any atom is 0.343 e. The summed E-state index contributed by atoms with van der Waals surface area (Å²) in [4.78, 5) is 19.8. The van der Waals surface area contributed by atoms with Gasteiger partial charge in [0.05, 0.1) is 6.61 Å². The lowest BCUT2D eigenvalue weighted by atomic mass is 10.2. The largest absolute Gasteiger partial charge is 0.462 e. The molecule has 1 aromatic carbocycles. The van der Waals surface area contributed by atoms with E-state index in [1.54, 1.807) is 13.0 Å². The van der Waals surface area contributed by atoms with Crippen LogP contribution in [0.5, 0.6) is 0 Å². The average Bonchev–Trinajstić information content (AvgIpc) is 2.46. The predicted molar refractivity (Wildman–Crippen MR) is 86.1 cm³/mol. The number of hydrogen-bond donors (Lipinski definition) is 1. The Labute approximate surface area is 139 Å². The van der Waals surface area contributed by atoms with Crippen LogP contribution >= 0.6 is 27.7 Å². The molecule has 0 amide bonds. The normalized spacial score (nSPS) is 10.5. The van der Waals surface area contributed by atoms with E-state index in [0.29, 0.717) is 15.4 Å². The van der Waals surface area contributed by atoms with Crippen LogP contribution in [-0.4, -0.2) is 22.5 Å². The van der Waals surface area contributed by atoms with Crippen molar-refractivity contribution in [3.05, 3.63) is 45.8 Å². The van der Waals surface area contributed by atoms with E-state index in [-0.39, 0.29) is 23.8 Å². The van der Waals surface area contributed by atoms with Crippen LogP contribution in [0.15, 0.2) is 34.0 Å². The van der Waals surface area contributed by atoms with Gasteiger partial charge in [-0.3, -0.25) is 0 Å². The van der Waals surface area contributed by atoms with Gasteiger partial charge in [-0.1, -0.05) is 33.8 Å². The Hall–Kier alpha value is -1.67. The van der Waals surface area contributed by atoms with Gasteiger partial charge in [-0.2, -0.15) is 0 Å². The molecule has 5 nitrogen and oxygen atoms in total. The fraction of sp³-hybridized carbons (Fsp3) is 0.214. The lowest BCUT2D eigenvalue weighted by molar-refractivity contribution is 0.0526. The Bertz CT molecular complexity index is 700. The second-order valence-electron chi connectivity index (χ2n) is 4.20. The summed E-state index contributed by atoms with van der Waals surface area (Å²) in [5, 5.41) is 0.432. The second-order valence-corrected chi connectivity index (χ2v) is 5.99. The molecule has 0 aliphatic heterocycles. The van der Waals surface area contributed by atoms with Crippen LogP contribution in [0.25, 0.3) is 0 Å². The number of carbonyl (C=O) groups is 1. The van der Waals surface area contributed by atoms with E-state index in [2.05, 4.69) is 25.9 Å². The second kappa shape index (κ2) is 7.55. The van der Waals surface area contributed by atoms with Gasteiger partial charge in [0, 0.05) is 16.4 Å². The zero-order chi connectivity index (χ0) is 16.1. The zero-order valence-electron chi connectivity index (χ0n) is 11.7. The van der Waals surface area contributed by atoms with Crippen LogP contribution in [0, 0.1) is 5.82 Å². The highest BCUT2D eigenvalue weighted by atomic mass is 79.9. The van der Waals surface area contributed by atoms with Crippen LogP contribution in [0.1, 0.15) is 22.8 Å². The number of rotatable bonds is 5. The number of anilines is 1. The highest BCUT2D eigenvalue weighted by molar-refractivity contribution is 9.10. The number of nitrogens with two attached hydrogens (primary N) is 1. The smallest absolute Gasteiger partial charge is 0.343 e. The topological polar surface area (TPSA) is 78.1 Å². The van der Waals surface area contributed by atoms with Crippen molar-refractivity contribution >= 4 is 39.5 Å². The van der Waals surface area contributed by atoms with Gasteiger partial charge < -0.3 is 10.5 Å². The molecule has 1 heterocycles. The fourth-order valence-electron chi connectivity index (χ4n) is 1.59. The number of carbonyl (C=O) groups excluding carboxylic acids is 1. The lowest BCUT2D eigenvalue weighted by Crippen LogP contribution is -2.10. The SMILES string of the molecule is CCOC(=O)c1cnc(SCc2ccc(F)cc2Br)nc1N. The lowest BCUT2D eigenvalue weighted by Gasteiger charge is -2.07. The molecule has 0 unspecified atom stereocenters. The molecule has 2 N–H and O–H groups in total. The minimum Gasteiger partial charge on any atom is -0.462 e. The minimum atomic E-state index is -0.544. The van der Waals surface area contributed by atoms with Crippen molar-refractivity contribution in [1.29, 1.82) is 0 Å². The monoisotopic (exact) mass is 385 g/mol. The van der Waals surface area contributed by atoms with Crippen molar-refractivity contribution in [2.75, 3.05) is 12.3 Å². The number of nitrogen functional groups attached to an aromatic ring is 1. The van der Waals surface area contributed by atoms with Crippen molar-refractivity contribution in [2.45, 2.75) is 17.8 Å². The number of thioether (sulfide) groups is 1. The molecule has 0 spiro atoms. The quantitative estimate of drug-likeness (QED) is 0.482. The maximum atomic E-state index is 13.0. The molecule has 2 rings (SSSR count). The van der Waals surface area contributed by atoms with E-state index >= 15 is 0 Å². The molecule has 0 fully saturated rings. The molecular weight excluding hydrogens is 373 g/mol. The molecule has 0 atom stereocenters. The van der Waals surface area contributed by atoms with Crippen LogP contribution in [0.3, 0.4) is 0 Å². The summed E-state index contributed by atoms with van der Waals surface area (Å²) in [6.07, 6.45) is 1.35. The van der Waals surface area contributed by atoms with E-state index in [0.717, 1.165) is 5.56 Å². The third-order valence-corrected chi connectivity index (χ3v) is 4.31. The first-order valence-electron chi connectivity index (χ1n) is 6.37. The van der Waals surface area contributed by atoms with E-state index in [1.807, 2.05) is 0 Å². The summed E-state index contributed by atoms with van der Waals surface area (Å²) in [5.41, 5.74) is 6.80. The summed E-state index contributed by atoms with van der Waals surface area (Å²) in [5.74, 6) is -0.231. The van der Waals surface area contributed by atoms with Crippen LogP contribution in [0.4, 0.5) is 10.2 Å². The Balaban J connectivity index is 2.08. The first-order valence-corrected chi connectivity index (χ1v) is 8.15. The summed E-state index contributed by atoms with van der Waals surface area (Å²) >= 11 is 4.64. The Morgan fingerprint density at radius 1 is 1.50 bits per heavy atom. The molecule has 0 aliphatic rings. The number of benzene rings is 1. The van der Waals surface area contributed by atoms with Gasteiger partial charge in [0.15, 0.2) is 5.16 Å². The Morgan fingerprint density at radius 3 is 2.91 bits per heavy atom. The molecular formula is C14H13BrFN3O2S. The van der Waals surface area contributed by atoms with Gasteiger partial charge in [0.1, 0.15) is 17.2 Å². The third kappa shape index (κ3) is 4.17. The minimum absolute atomic E-state index is 0.0779. The van der Waals surface area contributed by atoms with Crippen molar-refractivity contribution in [3.63, 3.8) is 0 Å². The molecule has 0 aliphatic carbocycles. The van der Waals surface area contributed by atoms with Gasteiger partial charge in [-0.05, 0) is 24.6 Å². The van der Waals surface area contributed by atoms with Crippen molar-refractivity contribution in [1.82, 2.24) is 9.97 Å². The van der Waals surface area contributed by atoms with E-state index in [9.17, 15) is 9.18 Å². The molecule has 2 aromatic rings. The van der Waals surface area contributed by atoms with Gasteiger partial charge in [0.25, 0.3) is 0 Å². The summed E-state index contributed by atoms with van der Waals surface area (Å²) in [7, 11) is 0. The number of aromatic nitrogens is 2.